The van der Waals surface area contributed by atoms with E-state index in [0.29, 0.717) is 11.6 Å². The molecule has 1 fully saturated rings. The number of aryl methyl sites for hydroxylation is 1. The van der Waals surface area contributed by atoms with E-state index in [2.05, 4.69) is 15.3 Å². The third-order valence-electron chi connectivity index (χ3n) is 3.45. The molecule has 0 spiro atoms. The summed E-state index contributed by atoms with van der Waals surface area (Å²) in [6.07, 6.45) is 6.27. The molecule has 0 bridgehead atoms. The highest BCUT2D eigenvalue weighted by Crippen LogP contribution is 2.18. The normalized spacial score (nSPS) is 16.2. The number of rotatable bonds is 3. The molecule has 2 rings (SSSR count). The third kappa shape index (κ3) is 2.86. The van der Waals surface area contributed by atoms with Gasteiger partial charge in [-0.25, -0.2) is 9.97 Å². The van der Waals surface area contributed by atoms with Crippen LogP contribution in [-0.4, -0.2) is 21.9 Å². The van der Waals surface area contributed by atoms with Crippen molar-refractivity contribution < 1.29 is 4.79 Å². The summed E-state index contributed by atoms with van der Waals surface area (Å²) in [7, 11) is 0. The smallest absolute Gasteiger partial charge is 0.254 e. The Hall–Kier alpha value is -1.45. The van der Waals surface area contributed by atoms with Crippen molar-refractivity contribution in [2.24, 2.45) is 0 Å². The van der Waals surface area contributed by atoms with Crippen LogP contribution in [0, 0.1) is 6.92 Å². The Balaban J connectivity index is 2.10. The lowest BCUT2D eigenvalue weighted by molar-refractivity contribution is 0.0936. The Bertz CT molecular complexity index is 437. The molecule has 98 valence electrons. The molecule has 1 amide bonds. The van der Waals surface area contributed by atoms with Crippen LogP contribution in [0.25, 0.3) is 0 Å². The number of nitrogens with zero attached hydrogens (tertiary/aromatic N) is 2. The SMILES string of the molecule is Cc1nc(C(C)C)ncc1C(=O)NC1CCCC1. The third-order valence-corrected chi connectivity index (χ3v) is 3.45. The van der Waals surface area contributed by atoms with Crippen LogP contribution in [0.15, 0.2) is 6.20 Å². The van der Waals surface area contributed by atoms with Gasteiger partial charge in [0, 0.05) is 18.2 Å². The number of carbonyl (C=O) groups excluding carboxylic acids is 1. The maximum absolute atomic E-state index is 12.1. The summed E-state index contributed by atoms with van der Waals surface area (Å²) in [6.45, 7) is 5.97. The first-order valence-corrected chi connectivity index (χ1v) is 6.72. The predicted octanol–water partition coefficient (Wildman–Crippen LogP) is 2.58. The van der Waals surface area contributed by atoms with Crippen molar-refractivity contribution in [3.05, 3.63) is 23.3 Å². The highest BCUT2D eigenvalue weighted by atomic mass is 16.1. The monoisotopic (exact) mass is 247 g/mol. The highest BCUT2D eigenvalue weighted by molar-refractivity contribution is 5.95. The molecule has 1 aliphatic rings. The van der Waals surface area contributed by atoms with Gasteiger partial charge in [-0.05, 0) is 19.8 Å². The topological polar surface area (TPSA) is 54.9 Å². The first kappa shape index (κ1) is 13.0. The van der Waals surface area contributed by atoms with Crippen molar-refractivity contribution in [2.45, 2.75) is 58.4 Å². The van der Waals surface area contributed by atoms with Crippen LogP contribution >= 0.6 is 0 Å². The standard InChI is InChI=1S/C14H21N3O/c1-9(2)13-15-8-12(10(3)16-13)14(18)17-11-6-4-5-7-11/h8-9,11H,4-7H2,1-3H3,(H,17,18). The lowest BCUT2D eigenvalue weighted by Gasteiger charge is -2.13. The molecule has 1 N–H and O–H groups in total. The summed E-state index contributed by atoms with van der Waals surface area (Å²) < 4.78 is 0. The van der Waals surface area contributed by atoms with E-state index in [-0.39, 0.29) is 11.8 Å². The number of carbonyl (C=O) groups is 1. The molecule has 18 heavy (non-hydrogen) atoms. The van der Waals surface area contributed by atoms with Gasteiger partial charge in [-0.2, -0.15) is 0 Å². The summed E-state index contributed by atoms with van der Waals surface area (Å²) in [5, 5.41) is 3.07. The van der Waals surface area contributed by atoms with Crippen molar-refractivity contribution in [1.82, 2.24) is 15.3 Å². The van der Waals surface area contributed by atoms with Gasteiger partial charge in [0.05, 0.1) is 11.3 Å². The zero-order chi connectivity index (χ0) is 13.1. The van der Waals surface area contributed by atoms with Crippen LogP contribution in [0.4, 0.5) is 0 Å². The Morgan fingerprint density at radius 2 is 2.06 bits per heavy atom. The molecule has 0 aromatic carbocycles. The minimum atomic E-state index is -0.0327. The zero-order valence-electron chi connectivity index (χ0n) is 11.4. The fourth-order valence-corrected chi connectivity index (χ4v) is 2.32. The van der Waals surface area contributed by atoms with E-state index >= 15 is 0 Å². The zero-order valence-corrected chi connectivity index (χ0v) is 11.4. The minimum absolute atomic E-state index is 0.0327. The van der Waals surface area contributed by atoms with Gasteiger partial charge in [0.1, 0.15) is 5.82 Å². The molecule has 0 unspecified atom stereocenters. The average molecular weight is 247 g/mol. The van der Waals surface area contributed by atoms with Crippen molar-refractivity contribution in [2.75, 3.05) is 0 Å². The largest absolute Gasteiger partial charge is 0.349 e. The van der Waals surface area contributed by atoms with Gasteiger partial charge >= 0.3 is 0 Å². The lowest BCUT2D eigenvalue weighted by atomic mass is 10.1. The lowest BCUT2D eigenvalue weighted by Crippen LogP contribution is -2.33. The van der Waals surface area contributed by atoms with E-state index in [1.165, 1.54) is 12.8 Å². The fraction of sp³-hybridized carbons (Fsp3) is 0.643. The van der Waals surface area contributed by atoms with Crippen LogP contribution in [0.5, 0.6) is 0 Å². The Morgan fingerprint density at radius 1 is 1.39 bits per heavy atom. The highest BCUT2D eigenvalue weighted by Gasteiger charge is 2.19. The Morgan fingerprint density at radius 3 is 2.61 bits per heavy atom. The van der Waals surface area contributed by atoms with Crippen LogP contribution in [0.2, 0.25) is 0 Å². The summed E-state index contributed by atoms with van der Waals surface area (Å²) in [5.41, 5.74) is 1.37. The number of hydrogen-bond acceptors (Lipinski definition) is 3. The van der Waals surface area contributed by atoms with Gasteiger partial charge < -0.3 is 5.32 Å². The minimum Gasteiger partial charge on any atom is -0.349 e. The molecule has 0 atom stereocenters. The Kier molecular flexibility index (Phi) is 3.94. The number of amides is 1. The maximum Gasteiger partial charge on any atom is 0.254 e. The fourth-order valence-electron chi connectivity index (χ4n) is 2.32. The second kappa shape index (κ2) is 5.46. The van der Waals surface area contributed by atoms with E-state index < -0.39 is 0 Å². The van der Waals surface area contributed by atoms with Crippen LogP contribution in [0.1, 0.15) is 67.3 Å². The summed E-state index contributed by atoms with van der Waals surface area (Å²) in [6, 6.07) is 0.335. The quantitative estimate of drug-likeness (QED) is 0.893. The molecule has 1 saturated carbocycles. The van der Waals surface area contributed by atoms with E-state index in [9.17, 15) is 4.79 Å². The number of aromatic nitrogens is 2. The molecule has 0 aliphatic heterocycles. The first-order valence-electron chi connectivity index (χ1n) is 6.72. The van der Waals surface area contributed by atoms with Crippen molar-refractivity contribution in [3.63, 3.8) is 0 Å². The van der Waals surface area contributed by atoms with Crippen LogP contribution in [-0.2, 0) is 0 Å². The van der Waals surface area contributed by atoms with Gasteiger partial charge in [-0.15, -0.1) is 0 Å². The predicted molar refractivity (Wildman–Crippen MR) is 70.6 cm³/mol. The van der Waals surface area contributed by atoms with Gasteiger partial charge in [0.25, 0.3) is 5.91 Å². The van der Waals surface area contributed by atoms with E-state index in [1.807, 2.05) is 20.8 Å². The van der Waals surface area contributed by atoms with E-state index in [4.69, 9.17) is 0 Å². The molecule has 0 saturated heterocycles. The van der Waals surface area contributed by atoms with E-state index in [0.717, 1.165) is 24.4 Å². The van der Waals surface area contributed by atoms with Gasteiger partial charge in [0.2, 0.25) is 0 Å². The maximum atomic E-state index is 12.1. The summed E-state index contributed by atoms with van der Waals surface area (Å²) in [5.74, 6) is 1.05. The molecule has 1 aromatic heterocycles. The second-order valence-corrected chi connectivity index (χ2v) is 5.34. The van der Waals surface area contributed by atoms with Crippen molar-refractivity contribution in [3.8, 4) is 0 Å². The number of nitrogens with one attached hydrogen (secondary N) is 1. The van der Waals surface area contributed by atoms with Crippen molar-refractivity contribution in [1.29, 1.82) is 0 Å². The molecular formula is C14H21N3O. The van der Waals surface area contributed by atoms with Gasteiger partial charge in [0.15, 0.2) is 0 Å². The van der Waals surface area contributed by atoms with Gasteiger partial charge in [-0.3, -0.25) is 4.79 Å². The average Bonchev–Trinajstić information content (AvgIpc) is 2.81. The molecule has 1 aliphatic carbocycles. The first-order chi connectivity index (χ1) is 8.58. The molecule has 4 nitrogen and oxygen atoms in total. The molecule has 0 radical (unpaired) electrons. The number of hydrogen-bond donors (Lipinski definition) is 1. The summed E-state index contributed by atoms with van der Waals surface area (Å²) in [4.78, 5) is 20.8. The second-order valence-electron chi connectivity index (χ2n) is 5.34. The van der Waals surface area contributed by atoms with Crippen LogP contribution < -0.4 is 5.32 Å². The van der Waals surface area contributed by atoms with Gasteiger partial charge in [-0.1, -0.05) is 26.7 Å². The summed E-state index contributed by atoms with van der Waals surface area (Å²) >= 11 is 0. The van der Waals surface area contributed by atoms with Crippen molar-refractivity contribution >= 4 is 5.91 Å². The Labute approximate surface area is 108 Å². The molecule has 4 heteroatoms. The molecule has 1 aromatic rings. The molecular weight excluding hydrogens is 226 g/mol. The molecule has 1 heterocycles. The van der Waals surface area contributed by atoms with Crippen LogP contribution in [0.3, 0.4) is 0 Å². The van der Waals surface area contributed by atoms with E-state index in [1.54, 1.807) is 6.20 Å².